The fourth-order valence-electron chi connectivity index (χ4n) is 4.96. The van der Waals surface area contributed by atoms with Crippen LogP contribution in [0.2, 0.25) is 0 Å². The average molecular weight is 416 g/mol. The minimum absolute atomic E-state index is 0. The van der Waals surface area contributed by atoms with Crippen LogP contribution < -0.4 is 5.73 Å². The second kappa shape index (κ2) is 8.00. The molecule has 0 fully saturated rings. The lowest BCUT2D eigenvalue weighted by molar-refractivity contribution is 0.646. The molecule has 3 aromatic carbocycles. The molecular formula is C26H26ClN3. The average Bonchev–Trinajstić information content (AvgIpc) is 3.23. The molecule has 1 aliphatic heterocycles. The number of nitrogens with zero attached hydrogens (tertiary/aromatic N) is 1. The molecule has 0 saturated carbocycles. The molecule has 1 aliphatic rings. The van der Waals surface area contributed by atoms with Gasteiger partial charge in [0.2, 0.25) is 0 Å². The lowest BCUT2D eigenvalue weighted by Crippen LogP contribution is -2.19. The van der Waals surface area contributed by atoms with Crippen LogP contribution in [0, 0.1) is 6.92 Å². The van der Waals surface area contributed by atoms with Crippen LogP contribution in [0.4, 0.5) is 11.4 Å². The number of rotatable bonds is 4. The minimum atomic E-state index is 0. The van der Waals surface area contributed by atoms with Crippen LogP contribution in [0.1, 0.15) is 41.1 Å². The summed E-state index contributed by atoms with van der Waals surface area (Å²) >= 11 is 0. The predicted molar refractivity (Wildman–Crippen MR) is 130 cm³/mol. The fraction of sp³-hybridized carbons (Fsp3) is 0.192. The Kier molecular flexibility index (Phi) is 5.40. The molecule has 2 unspecified atom stereocenters. The van der Waals surface area contributed by atoms with Crippen molar-refractivity contribution in [2.45, 2.75) is 32.1 Å². The van der Waals surface area contributed by atoms with E-state index < -0.39 is 0 Å². The first-order chi connectivity index (χ1) is 14.1. The van der Waals surface area contributed by atoms with Crippen molar-refractivity contribution in [1.82, 2.24) is 4.98 Å². The van der Waals surface area contributed by atoms with Gasteiger partial charge in [0.25, 0.3) is 0 Å². The first-order valence-corrected chi connectivity index (χ1v) is 10.2. The lowest BCUT2D eigenvalue weighted by atomic mass is 9.75. The number of aryl methyl sites for hydroxylation is 1. The molecular weight excluding hydrogens is 390 g/mol. The van der Waals surface area contributed by atoms with Gasteiger partial charge in [-0.05, 0) is 55.2 Å². The summed E-state index contributed by atoms with van der Waals surface area (Å²) in [5, 5.41) is 1.29. The molecule has 0 radical (unpaired) electrons. The maximum Gasteiger partial charge on any atom is 0.0668 e. The minimum Gasteiger partial charge on any atom is -0.399 e. The second-order valence-electron chi connectivity index (χ2n) is 8.01. The number of benzene rings is 3. The Morgan fingerprint density at radius 2 is 1.63 bits per heavy atom. The Balaban J connectivity index is 0.00000218. The first-order valence-electron chi connectivity index (χ1n) is 10.2. The third-order valence-electron chi connectivity index (χ3n) is 6.23. The second-order valence-corrected chi connectivity index (χ2v) is 8.01. The Bertz CT molecular complexity index is 1240. The van der Waals surface area contributed by atoms with E-state index >= 15 is 0 Å². The van der Waals surface area contributed by atoms with Gasteiger partial charge in [0.1, 0.15) is 0 Å². The van der Waals surface area contributed by atoms with Gasteiger partial charge >= 0.3 is 0 Å². The van der Waals surface area contributed by atoms with E-state index in [9.17, 15) is 0 Å². The molecule has 2 heterocycles. The molecule has 3 N–H and O–H groups in total. The maximum atomic E-state index is 6.36. The number of fused-ring (bicyclic) bond motifs is 2. The summed E-state index contributed by atoms with van der Waals surface area (Å²) in [7, 11) is 0. The van der Waals surface area contributed by atoms with Gasteiger partial charge in [0, 0.05) is 39.8 Å². The van der Waals surface area contributed by atoms with Crippen molar-refractivity contribution in [2.75, 3.05) is 5.73 Å². The van der Waals surface area contributed by atoms with E-state index in [4.69, 9.17) is 10.7 Å². The number of hydrogen-bond donors (Lipinski definition) is 2. The van der Waals surface area contributed by atoms with E-state index in [-0.39, 0.29) is 24.2 Å². The van der Waals surface area contributed by atoms with Crippen LogP contribution in [0.3, 0.4) is 0 Å². The highest BCUT2D eigenvalue weighted by molar-refractivity contribution is 5.98. The number of hydrogen-bond acceptors (Lipinski definition) is 2. The highest BCUT2D eigenvalue weighted by atomic mass is 35.5. The molecule has 1 aromatic heterocycles. The molecule has 0 bridgehead atoms. The molecule has 4 aromatic rings. The number of anilines is 1. The van der Waals surface area contributed by atoms with E-state index in [1.54, 1.807) is 0 Å². The molecule has 3 nitrogen and oxygen atoms in total. The molecule has 5 rings (SSSR count). The number of nitrogens with one attached hydrogen (secondary N) is 1. The number of nitrogen functional groups attached to an aromatic ring is 1. The molecule has 0 saturated heterocycles. The van der Waals surface area contributed by atoms with Gasteiger partial charge in [-0.2, -0.15) is 0 Å². The van der Waals surface area contributed by atoms with Crippen molar-refractivity contribution in [1.29, 1.82) is 0 Å². The number of para-hydroxylation sites is 3. The summed E-state index contributed by atoms with van der Waals surface area (Å²) in [6.45, 7) is 4.35. The summed E-state index contributed by atoms with van der Waals surface area (Å²) in [6, 6.07) is 25.4. The van der Waals surface area contributed by atoms with Gasteiger partial charge in [-0.15, -0.1) is 12.4 Å². The van der Waals surface area contributed by atoms with Gasteiger partial charge in [0.05, 0.1) is 5.69 Å². The zero-order valence-electron chi connectivity index (χ0n) is 17.2. The highest BCUT2D eigenvalue weighted by Gasteiger charge is 2.35. The zero-order chi connectivity index (χ0) is 20.0. The van der Waals surface area contributed by atoms with E-state index in [2.05, 4.69) is 79.5 Å². The van der Waals surface area contributed by atoms with Gasteiger partial charge in [-0.3, -0.25) is 4.99 Å². The Labute approximate surface area is 183 Å². The van der Waals surface area contributed by atoms with Gasteiger partial charge in [0.15, 0.2) is 0 Å². The number of nitrogens with two attached hydrogens (primary N) is 1. The molecule has 2 atom stereocenters. The summed E-state index contributed by atoms with van der Waals surface area (Å²) < 4.78 is 0. The largest absolute Gasteiger partial charge is 0.399 e. The topological polar surface area (TPSA) is 54.2 Å². The van der Waals surface area contributed by atoms with Crippen LogP contribution in [-0.2, 0) is 6.42 Å². The van der Waals surface area contributed by atoms with Gasteiger partial charge < -0.3 is 10.7 Å². The molecule has 30 heavy (non-hydrogen) atoms. The Hall–Kier alpha value is -3.04. The zero-order valence-corrected chi connectivity index (χ0v) is 18.0. The van der Waals surface area contributed by atoms with Crippen molar-refractivity contribution in [2.24, 2.45) is 4.99 Å². The summed E-state index contributed by atoms with van der Waals surface area (Å²) in [5.74, 6) is 0.493. The van der Waals surface area contributed by atoms with E-state index in [0.717, 1.165) is 17.8 Å². The van der Waals surface area contributed by atoms with E-state index in [1.165, 1.54) is 39.0 Å². The van der Waals surface area contributed by atoms with Crippen LogP contribution in [0.5, 0.6) is 0 Å². The van der Waals surface area contributed by atoms with Crippen molar-refractivity contribution in [3.05, 3.63) is 95.2 Å². The number of aromatic amines is 1. The highest BCUT2D eigenvalue weighted by Crippen LogP contribution is 2.47. The standard InChI is InChI=1S/C26H25N3.ClH/c1-16-25(19-10-4-7-13-23(19)28-16)21(15-18-9-3-6-12-22(18)27)26-17(2)29-24-14-8-5-11-20(24)26;/h3-14,21,25,29H,15,27H2,1-2H3;1H. The summed E-state index contributed by atoms with van der Waals surface area (Å²) in [4.78, 5) is 8.51. The first kappa shape index (κ1) is 20.2. The molecule has 0 aliphatic carbocycles. The van der Waals surface area contributed by atoms with Crippen molar-refractivity contribution < 1.29 is 0 Å². The fourth-order valence-corrected chi connectivity index (χ4v) is 4.96. The van der Waals surface area contributed by atoms with Gasteiger partial charge in [-0.1, -0.05) is 54.6 Å². The van der Waals surface area contributed by atoms with Crippen molar-refractivity contribution in [3.8, 4) is 0 Å². The smallest absolute Gasteiger partial charge is 0.0668 e. The van der Waals surface area contributed by atoms with E-state index in [1.807, 2.05) is 12.1 Å². The molecule has 0 spiro atoms. The lowest BCUT2D eigenvalue weighted by Gasteiger charge is -2.27. The van der Waals surface area contributed by atoms with Gasteiger partial charge in [-0.25, -0.2) is 0 Å². The maximum absolute atomic E-state index is 6.36. The van der Waals surface area contributed by atoms with Crippen LogP contribution in [0.25, 0.3) is 10.9 Å². The van der Waals surface area contributed by atoms with Crippen LogP contribution in [-0.4, -0.2) is 10.7 Å². The quantitative estimate of drug-likeness (QED) is 0.358. The third kappa shape index (κ3) is 3.29. The van der Waals surface area contributed by atoms with E-state index in [0.29, 0.717) is 0 Å². The Morgan fingerprint density at radius 3 is 2.47 bits per heavy atom. The monoisotopic (exact) mass is 415 g/mol. The number of aliphatic imine (C=N–C) groups is 1. The Morgan fingerprint density at radius 1 is 0.933 bits per heavy atom. The molecule has 0 amide bonds. The predicted octanol–water partition coefficient (Wildman–Crippen LogP) is 6.70. The number of halogens is 1. The molecule has 4 heteroatoms. The summed E-state index contributed by atoms with van der Waals surface area (Å²) in [5.41, 5.74) is 15.8. The van der Waals surface area contributed by atoms with Crippen LogP contribution >= 0.6 is 12.4 Å². The third-order valence-corrected chi connectivity index (χ3v) is 6.23. The van der Waals surface area contributed by atoms with Crippen LogP contribution in [0.15, 0.2) is 77.8 Å². The van der Waals surface area contributed by atoms with Crippen molar-refractivity contribution >= 4 is 40.4 Å². The number of H-pyrrole nitrogens is 1. The summed E-state index contributed by atoms with van der Waals surface area (Å²) in [6.07, 6.45) is 0.876. The van der Waals surface area contributed by atoms with Crippen molar-refractivity contribution in [3.63, 3.8) is 0 Å². The normalized spacial score (nSPS) is 16.1. The molecule has 152 valence electrons. The SMILES string of the molecule is CC1=Nc2ccccc2C1C(Cc1ccccc1N)c1c(C)[nH]c2ccccc12.Cl. The number of aromatic nitrogens is 1.